The summed E-state index contributed by atoms with van der Waals surface area (Å²) in [5.41, 5.74) is 7.72. The van der Waals surface area contributed by atoms with Crippen LogP contribution in [-0.4, -0.2) is 5.54 Å². The fourth-order valence-corrected chi connectivity index (χ4v) is 2.33. The third kappa shape index (κ3) is 2.50. The molecular weight excluding hydrogens is 206 g/mol. The van der Waals surface area contributed by atoms with Gasteiger partial charge in [0.15, 0.2) is 0 Å². The average molecular weight is 227 g/mol. The van der Waals surface area contributed by atoms with E-state index in [4.69, 9.17) is 5.73 Å². The SMILES string of the molecule is CCC(N)(CC)Cc1cccc2ccccc12. The minimum Gasteiger partial charge on any atom is -0.325 e. The van der Waals surface area contributed by atoms with Crippen molar-refractivity contribution in [1.82, 2.24) is 0 Å². The molecule has 17 heavy (non-hydrogen) atoms. The van der Waals surface area contributed by atoms with Crippen LogP contribution >= 0.6 is 0 Å². The van der Waals surface area contributed by atoms with E-state index in [1.54, 1.807) is 0 Å². The van der Waals surface area contributed by atoms with Gasteiger partial charge in [0.1, 0.15) is 0 Å². The van der Waals surface area contributed by atoms with Crippen LogP contribution in [0, 0.1) is 0 Å². The summed E-state index contributed by atoms with van der Waals surface area (Å²) in [5, 5.41) is 2.64. The van der Waals surface area contributed by atoms with Crippen molar-refractivity contribution in [2.24, 2.45) is 5.73 Å². The van der Waals surface area contributed by atoms with E-state index in [9.17, 15) is 0 Å². The average Bonchev–Trinajstić information content (AvgIpc) is 2.39. The largest absolute Gasteiger partial charge is 0.325 e. The van der Waals surface area contributed by atoms with Crippen molar-refractivity contribution in [2.45, 2.75) is 38.6 Å². The summed E-state index contributed by atoms with van der Waals surface area (Å²) in [7, 11) is 0. The summed E-state index contributed by atoms with van der Waals surface area (Å²) in [4.78, 5) is 0. The Labute approximate surface area is 104 Å². The maximum atomic E-state index is 6.42. The van der Waals surface area contributed by atoms with E-state index in [1.807, 2.05) is 0 Å². The van der Waals surface area contributed by atoms with Gasteiger partial charge in [-0.15, -0.1) is 0 Å². The third-order valence-corrected chi connectivity index (χ3v) is 3.83. The standard InChI is InChI=1S/C16H21N/c1-3-16(17,4-2)12-14-10-7-9-13-8-5-6-11-15(13)14/h5-11H,3-4,12,17H2,1-2H3. The Balaban J connectivity index is 2.42. The molecule has 2 aromatic rings. The first-order chi connectivity index (χ1) is 8.18. The Morgan fingerprint density at radius 2 is 1.59 bits per heavy atom. The summed E-state index contributed by atoms with van der Waals surface area (Å²) in [6, 6.07) is 15.0. The Kier molecular flexibility index (Phi) is 3.49. The smallest absolute Gasteiger partial charge is 0.0190 e. The lowest BCUT2D eigenvalue weighted by Crippen LogP contribution is -2.40. The van der Waals surface area contributed by atoms with Crippen LogP contribution < -0.4 is 5.73 Å². The number of hydrogen-bond acceptors (Lipinski definition) is 1. The number of benzene rings is 2. The van der Waals surface area contributed by atoms with Gasteiger partial charge in [0.05, 0.1) is 0 Å². The summed E-state index contributed by atoms with van der Waals surface area (Å²) in [5.74, 6) is 0. The lowest BCUT2D eigenvalue weighted by Gasteiger charge is -2.27. The van der Waals surface area contributed by atoms with Gasteiger partial charge >= 0.3 is 0 Å². The first-order valence-electron chi connectivity index (χ1n) is 6.44. The fraction of sp³-hybridized carbons (Fsp3) is 0.375. The maximum absolute atomic E-state index is 6.42. The molecule has 0 bridgehead atoms. The van der Waals surface area contributed by atoms with Crippen molar-refractivity contribution in [3.63, 3.8) is 0 Å². The van der Waals surface area contributed by atoms with Crippen LogP contribution in [0.15, 0.2) is 42.5 Å². The number of nitrogens with two attached hydrogens (primary N) is 1. The lowest BCUT2D eigenvalue weighted by atomic mass is 9.85. The van der Waals surface area contributed by atoms with Crippen molar-refractivity contribution in [1.29, 1.82) is 0 Å². The van der Waals surface area contributed by atoms with Gasteiger partial charge in [-0.2, -0.15) is 0 Å². The van der Waals surface area contributed by atoms with Crippen LogP contribution in [0.1, 0.15) is 32.3 Å². The molecule has 0 spiro atoms. The summed E-state index contributed by atoms with van der Waals surface area (Å²) in [6.45, 7) is 4.35. The van der Waals surface area contributed by atoms with Crippen molar-refractivity contribution in [2.75, 3.05) is 0 Å². The first kappa shape index (κ1) is 12.1. The zero-order valence-corrected chi connectivity index (χ0v) is 10.7. The van der Waals surface area contributed by atoms with Gasteiger partial charge in [-0.1, -0.05) is 56.3 Å². The molecule has 0 aliphatic heterocycles. The predicted molar refractivity (Wildman–Crippen MR) is 75.2 cm³/mol. The monoisotopic (exact) mass is 227 g/mol. The summed E-state index contributed by atoms with van der Waals surface area (Å²) >= 11 is 0. The number of rotatable bonds is 4. The van der Waals surface area contributed by atoms with Crippen molar-refractivity contribution in [3.8, 4) is 0 Å². The minimum atomic E-state index is -0.0654. The summed E-state index contributed by atoms with van der Waals surface area (Å²) in [6.07, 6.45) is 3.00. The molecule has 0 radical (unpaired) electrons. The third-order valence-electron chi connectivity index (χ3n) is 3.83. The van der Waals surface area contributed by atoms with E-state index in [0.717, 1.165) is 19.3 Å². The maximum Gasteiger partial charge on any atom is 0.0190 e. The van der Waals surface area contributed by atoms with Gasteiger partial charge in [-0.05, 0) is 35.6 Å². The molecule has 2 N–H and O–H groups in total. The van der Waals surface area contributed by atoms with Gasteiger partial charge in [-0.25, -0.2) is 0 Å². The predicted octanol–water partition coefficient (Wildman–Crippen LogP) is 3.90. The Morgan fingerprint density at radius 3 is 2.29 bits per heavy atom. The van der Waals surface area contributed by atoms with Gasteiger partial charge in [0, 0.05) is 5.54 Å². The zero-order chi connectivity index (χ0) is 12.3. The van der Waals surface area contributed by atoms with Gasteiger partial charge in [0.2, 0.25) is 0 Å². The Bertz CT molecular complexity index is 492. The highest BCUT2D eigenvalue weighted by Crippen LogP contribution is 2.24. The molecule has 0 heterocycles. The van der Waals surface area contributed by atoms with Crippen molar-refractivity contribution >= 4 is 10.8 Å². The van der Waals surface area contributed by atoms with Crippen molar-refractivity contribution < 1.29 is 0 Å². The van der Waals surface area contributed by atoms with Gasteiger partial charge in [-0.3, -0.25) is 0 Å². The molecule has 0 atom stereocenters. The first-order valence-corrected chi connectivity index (χ1v) is 6.44. The molecule has 2 aromatic carbocycles. The normalized spacial score (nSPS) is 11.9. The molecule has 0 aliphatic carbocycles. The van der Waals surface area contributed by atoms with E-state index in [0.29, 0.717) is 0 Å². The van der Waals surface area contributed by atoms with E-state index in [2.05, 4.69) is 56.3 Å². The second kappa shape index (κ2) is 4.89. The molecule has 0 amide bonds. The molecule has 1 nitrogen and oxygen atoms in total. The molecule has 90 valence electrons. The van der Waals surface area contributed by atoms with Crippen LogP contribution in [0.2, 0.25) is 0 Å². The van der Waals surface area contributed by atoms with E-state index >= 15 is 0 Å². The van der Waals surface area contributed by atoms with Crippen LogP contribution in [0.5, 0.6) is 0 Å². The van der Waals surface area contributed by atoms with Crippen molar-refractivity contribution in [3.05, 3.63) is 48.0 Å². The van der Waals surface area contributed by atoms with Gasteiger partial charge < -0.3 is 5.73 Å². The number of fused-ring (bicyclic) bond motifs is 1. The molecule has 0 aromatic heterocycles. The highest BCUT2D eigenvalue weighted by Gasteiger charge is 2.21. The van der Waals surface area contributed by atoms with E-state index in [-0.39, 0.29) is 5.54 Å². The van der Waals surface area contributed by atoms with Crippen LogP contribution in [-0.2, 0) is 6.42 Å². The van der Waals surface area contributed by atoms with Gasteiger partial charge in [0.25, 0.3) is 0 Å². The highest BCUT2D eigenvalue weighted by molar-refractivity contribution is 5.85. The minimum absolute atomic E-state index is 0.0654. The Hall–Kier alpha value is -1.34. The molecule has 0 unspecified atom stereocenters. The second-order valence-corrected chi connectivity index (χ2v) is 4.88. The second-order valence-electron chi connectivity index (χ2n) is 4.88. The molecule has 0 fully saturated rings. The highest BCUT2D eigenvalue weighted by atomic mass is 14.7. The fourth-order valence-electron chi connectivity index (χ4n) is 2.33. The summed E-state index contributed by atoms with van der Waals surface area (Å²) < 4.78 is 0. The Morgan fingerprint density at radius 1 is 0.941 bits per heavy atom. The van der Waals surface area contributed by atoms with Crippen LogP contribution in [0.4, 0.5) is 0 Å². The molecule has 2 rings (SSSR count). The van der Waals surface area contributed by atoms with E-state index < -0.39 is 0 Å². The topological polar surface area (TPSA) is 26.0 Å². The molecule has 0 saturated heterocycles. The zero-order valence-electron chi connectivity index (χ0n) is 10.7. The quantitative estimate of drug-likeness (QED) is 0.842. The molecular formula is C16H21N. The molecule has 0 saturated carbocycles. The number of hydrogen-bond donors (Lipinski definition) is 1. The van der Waals surface area contributed by atoms with Crippen LogP contribution in [0.3, 0.4) is 0 Å². The van der Waals surface area contributed by atoms with Crippen LogP contribution in [0.25, 0.3) is 10.8 Å². The van der Waals surface area contributed by atoms with E-state index in [1.165, 1.54) is 16.3 Å². The lowest BCUT2D eigenvalue weighted by molar-refractivity contribution is 0.394. The molecule has 0 aliphatic rings. The molecule has 1 heteroatoms.